The third kappa shape index (κ3) is 2.05. The number of nitrogens with zero attached hydrogens (tertiary/aromatic N) is 2. The molecule has 0 unspecified atom stereocenters. The van der Waals surface area contributed by atoms with Crippen LogP contribution in [0, 0.1) is 11.6 Å². The lowest BCUT2D eigenvalue weighted by Gasteiger charge is -2.07. The van der Waals surface area contributed by atoms with Crippen LogP contribution in [0.2, 0.25) is 0 Å². The summed E-state index contributed by atoms with van der Waals surface area (Å²) < 4.78 is 28.2. The average molecular weight is 305 g/mol. The van der Waals surface area contributed by atoms with Gasteiger partial charge in [-0.3, -0.25) is 9.48 Å². The van der Waals surface area contributed by atoms with Crippen molar-refractivity contribution in [3.8, 4) is 17.0 Å². The zero-order valence-corrected chi connectivity index (χ0v) is 11.9. The molecule has 2 aromatic heterocycles. The van der Waals surface area contributed by atoms with Crippen molar-refractivity contribution in [2.45, 2.75) is 13.3 Å². The Hall–Kier alpha value is -2.70. The number of aromatic nitrogens is 3. The third-order valence-electron chi connectivity index (χ3n) is 3.53. The second-order valence-electron chi connectivity index (χ2n) is 4.98. The van der Waals surface area contributed by atoms with Gasteiger partial charge in [0.15, 0.2) is 5.75 Å². The molecular weight excluding hydrogens is 292 g/mol. The van der Waals surface area contributed by atoms with Gasteiger partial charge in [0.2, 0.25) is 5.43 Å². The summed E-state index contributed by atoms with van der Waals surface area (Å²) in [5.41, 5.74) is 0.332. The van der Waals surface area contributed by atoms with E-state index in [9.17, 15) is 18.7 Å². The van der Waals surface area contributed by atoms with Gasteiger partial charge in [-0.05, 0) is 18.6 Å². The van der Waals surface area contributed by atoms with Crippen molar-refractivity contribution in [2.24, 2.45) is 7.05 Å². The minimum absolute atomic E-state index is 0.0402. The van der Waals surface area contributed by atoms with Gasteiger partial charge >= 0.3 is 0 Å². The van der Waals surface area contributed by atoms with Crippen molar-refractivity contribution in [1.82, 2.24) is 14.8 Å². The molecule has 0 aliphatic heterocycles. The molecule has 22 heavy (non-hydrogen) atoms. The maximum Gasteiger partial charge on any atom is 0.235 e. The van der Waals surface area contributed by atoms with Crippen LogP contribution in [0.4, 0.5) is 8.78 Å². The first-order valence-electron chi connectivity index (χ1n) is 6.69. The molecule has 0 fully saturated rings. The third-order valence-corrected chi connectivity index (χ3v) is 3.53. The number of aryl methyl sites for hydroxylation is 2. The van der Waals surface area contributed by atoms with Gasteiger partial charge in [-0.25, -0.2) is 8.78 Å². The van der Waals surface area contributed by atoms with E-state index in [1.54, 1.807) is 7.05 Å². The van der Waals surface area contributed by atoms with E-state index < -0.39 is 22.8 Å². The second kappa shape index (κ2) is 4.94. The van der Waals surface area contributed by atoms with Crippen LogP contribution in [0.25, 0.3) is 22.3 Å². The Labute approximate surface area is 123 Å². The molecule has 3 aromatic rings. The summed E-state index contributed by atoms with van der Waals surface area (Å²) in [5.74, 6) is -2.18. The second-order valence-corrected chi connectivity index (χ2v) is 4.98. The highest BCUT2D eigenvalue weighted by Crippen LogP contribution is 2.28. The fraction of sp³-hybridized carbons (Fsp3) is 0.200. The first-order chi connectivity index (χ1) is 10.4. The summed E-state index contributed by atoms with van der Waals surface area (Å²) in [4.78, 5) is 15.2. The van der Waals surface area contributed by atoms with Crippen LogP contribution in [-0.2, 0) is 13.5 Å². The zero-order valence-electron chi connectivity index (χ0n) is 11.9. The maximum atomic E-state index is 13.4. The molecule has 0 radical (unpaired) electrons. The maximum absolute atomic E-state index is 13.4. The zero-order chi connectivity index (χ0) is 16.0. The number of benzene rings is 1. The Morgan fingerprint density at radius 1 is 1.27 bits per heavy atom. The number of hydrogen-bond donors (Lipinski definition) is 2. The predicted molar refractivity (Wildman–Crippen MR) is 77.7 cm³/mol. The molecule has 5 nitrogen and oxygen atoms in total. The number of nitrogens with one attached hydrogen (secondary N) is 1. The first-order valence-corrected chi connectivity index (χ1v) is 6.69. The van der Waals surface area contributed by atoms with Crippen LogP contribution in [0.1, 0.15) is 12.6 Å². The number of rotatable bonds is 2. The highest BCUT2D eigenvalue weighted by atomic mass is 19.1. The standard InChI is InChI=1S/C15H13F2N3O2/c1-3-10-11-13(21)14(22)12(18-15(11)20(2)19-10)7-4-8(16)6-9(17)5-7/h4-6,22H,3H2,1-2H3,(H,18,21). The molecule has 0 aliphatic rings. The van der Waals surface area contributed by atoms with Crippen molar-refractivity contribution in [2.75, 3.05) is 0 Å². The normalized spacial score (nSPS) is 11.3. The minimum Gasteiger partial charge on any atom is -0.503 e. The summed E-state index contributed by atoms with van der Waals surface area (Å²) in [7, 11) is 1.64. The van der Waals surface area contributed by atoms with Crippen LogP contribution in [0.15, 0.2) is 23.0 Å². The van der Waals surface area contributed by atoms with Crippen molar-refractivity contribution >= 4 is 11.0 Å². The molecule has 2 N–H and O–H groups in total. The molecule has 3 rings (SSSR count). The SMILES string of the molecule is CCc1nn(C)c2[nH]c(-c3cc(F)cc(F)c3)c(O)c(=O)c12. The van der Waals surface area contributed by atoms with Crippen LogP contribution < -0.4 is 5.43 Å². The summed E-state index contributed by atoms with van der Waals surface area (Å²) >= 11 is 0. The van der Waals surface area contributed by atoms with Crippen molar-refractivity contribution < 1.29 is 13.9 Å². The number of aromatic hydroxyl groups is 1. The van der Waals surface area contributed by atoms with E-state index in [2.05, 4.69) is 10.1 Å². The van der Waals surface area contributed by atoms with E-state index in [1.165, 1.54) is 4.68 Å². The van der Waals surface area contributed by atoms with Gasteiger partial charge in [-0.15, -0.1) is 0 Å². The molecule has 0 amide bonds. The van der Waals surface area contributed by atoms with E-state index in [0.717, 1.165) is 18.2 Å². The molecule has 0 atom stereocenters. The van der Waals surface area contributed by atoms with Crippen LogP contribution in [0.5, 0.6) is 5.75 Å². The summed E-state index contributed by atoms with van der Waals surface area (Å²) in [6.45, 7) is 1.84. The summed E-state index contributed by atoms with van der Waals surface area (Å²) in [6.07, 6.45) is 0.522. The Morgan fingerprint density at radius 2 is 1.91 bits per heavy atom. The average Bonchev–Trinajstić information content (AvgIpc) is 2.78. The van der Waals surface area contributed by atoms with Crippen molar-refractivity contribution in [3.63, 3.8) is 0 Å². The van der Waals surface area contributed by atoms with Crippen LogP contribution >= 0.6 is 0 Å². The van der Waals surface area contributed by atoms with E-state index in [4.69, 9.17) is 0 Å². The Bertz CT molecular complexity index is 924. The highest BCUT2D eigenvalue weighted by Gasteiger charge is 2.19. The molecule has 0 spiro atoms. The van der Waals surface area contributed by atoms with Gasteiger partial charge in [0.1, 0.15) is 17.3 Å². The number of hydrogen-bond acceptors (Lipinski definition) is 3. The number of aromatic amines is 1. The topological polar surface area (TPSA) is 70.9 Å². The van der Waals surface area contributed by atoms with Gasteiger partial charge in [0.25, 0.3) is 0 Å². The van der Waals surface area contributed by atoms with Gasteiger partial charge in [0, 0.05) is 18.7 Å². The van der Waals surface area contributed by atoms with Gasteiger partial charge < -0.3 is 10.1 Å². The number of fused-ring (bicyclic) bond motifs is 1. The van der Waals surface area contributed by atoms with E-state index in [1.807, 2.05) is 6.92 Å². The lowest BCUT2D eigenvalue weighted by molar-refractivity contribution is 0.471. The number of H-pyrrole nitrogens is 1. The molecule has 114 valence electrons. The highest BCUT2D eigenvalue weighted by molar-refractivity contribution is 5.84. The monoisotopic (exact) mass is 305 g/mol. The Morgan fingerprint density at radius 3 is 2.50 bits per heavy atom. The fourth-order valence-corrected chi connectivity index (χ4v) is 2.53. The first kappa shape index (κ1) is 14.2. The lowest BCUT2D eigenvalue weighted by atomic mass is 10.1. The van der Waals surface area contributed by atoms with E-state index in [0.29, 0.717) is 17.8 Å². The van der Waals surface area contributed by atoms with Crippen LogP contribution in [-0.4, -0.2) is 19.9 Å². The Kier molecular flexibility index (Phi) is 3.20. The molecular formula is C15H13F2N3O2. The molecule has 1 aromatic carbocycles. The fourth-order valence-electron chi connectivity index (χ4n) is 2.53. The quantitative estimate of drug-likeness (QED) is 0.764. The van der Waals surface area contributed by atoms with Crippen molar-refractivity contribution in [1.29, 1.82) is 0 Å². The molecule has 2 heterocycles. The molecule has 0 saturated heterocycles. The number of pyridine rings is 1. The van der Waals surface area contributed by atoms with E-state index >= 15 is 0 Å². The molecule has 0 bridgehead atoms. The minimum atomic E-state index is -0.797. The molecule has 7 heteroatoms. The summed E-state index contributed by atoms with van der Waals surface area (Å²) in [6, 6.07) is 2.80. The lowest BCUT2D eigenvalue weighted by Crippen LogP contribution is -2.06. The van der Waals surface area contributed by atoms with Crippen molar-refractivity contribution in [3.05, 3.63) is 45.8 Å². The number of halogens is 2. The Balaban J connectivity index is 2.39. The summed E-state index contributed by atoms with van der Waals surface area (Å²) in [5, 5.41) is 14.6. The van der Waals surface area contributed by atoms with Gasteiger partial charge in [-0.2, -0.15) is 5.10 Å². The largest absolute Gasteiger partial charge is 0.503 e. The molecule has 0 saturated carbocycles. The van der Waals surface area contributed by atoms with Crippen LogP contribution in [0.3, 0.4) is 0 Å². The van der Waals surface area contributed by atoms with E-state index in [-0.39, 0.29) is 16.6 Å². The van der Waals surface area contributed by atoms with Gasteiger partial charge in [0.05, 0.1) is 16.8 Å². The smallest absolute Gasteiger partial charge is 0.235 e. The predicted octanol–water partition coefficient (Wildman–Crippen LogP) is 2.47. The molecule has 0 aliphatic carbocycles. The van der Waals surface area contributed by atoms with Gasteiger partial charge in [-0.1, -0.05) is 6.92 Å².